The first kappa shape index (κ1) is 11.0. The molecule has 0 heterocycles. The molecule has 0 aromatic heterocycles. The summed E-state index contributed by atoms with van der Waals surface area (Å²) >= 11 is 0. The highest BCUT2D eigenvalue weighted by atomic mass is 31.2. The molecule has 0 amide bonds. The SMILES string of the molecule is CC(CNF)COP(=O)(O)O. The fourth-order valence-corrected chi connectivity index (χ4v) is 0.864. The van der Waals surface area contributed by atoms with Gasteiger partial charge in [-0.25, -0.2) is 4.57 Å². The van der Waals surface area contributed by atoms with E-state index in [2.05, 4.69) is 4.52 Å². The van der Waals surface area contributed by atoms with Gasteiger partial charge in [0.2, 0.25) is 0 Å². The van der Waals surface area contributed by atoms with Gasteiger partial charge in [-0.1, -0.05) is 6.92 Å². The average molecular weight is 187 g/mol. The van der Waals surface area contributed by atoms with Crippen LogP contribution in [-0.4, -0.2) is 22.9 Å². The Hall–Kier alpha value is -0.0000000000000000416. The van der Waals surface area contributed by atoms with Crippen molar-refractivity contribution in [3.8, 4) is 0 Å². The molecule has 1 atom stereocenters. The zero-order valence-corrected chi connectivity index (χ0v) is 6.92. The lowest BCUT2D eigenvalue weighted by Gasteiger charge is -2.09. The van der Waals surface area contributed by atoms with Crippen LogP contribution in [0, 0.1) is 5.92 Å². The molecule has 7 heteroatoms. The van der Waals surface area contributed by atoms with Crippen LogP contribution in [-0.2, 0) is 9.09 Å². The van der Waals surface area contributed by atoms with E-state index in [1.165, 1.54) is 5.54 Å². The van der Waals surface area contributed by atoms with Gasteiger partial charge in [-0.05, 0) is 5.92 Å². The van der Waals surface area contributed by atoms with E-state index < -0.39 is 7.82 Å². The second-order valence-corrected chi connectivity index (χ2v) is 3.47. The van der Waals surface area contributed by atoms with Crippen LogP contribution in [0.5, 0.6) is 0 Å². The Labute approximate surface area is 63.7 Å². The summed E-state index contributed by atoms with van der Waals surface area (Å²) in [6.07, 6.45) is 0. The van der Waals surface area contributed by atoms with Crippen LogP contribution in [0.15, 0.2) is 0 Å². The van der Waals surface area contributed by atoms with Gasteiger partial charge in [0.1, 0.15) is 0 Å². The number of hydrogen-bond donors (Lipinski definition) is 3. The number of nitrogens with one attached hydrogen (secondary N) is 1. The van der Waals surface area contributed by atoms with Crippen LogP contribution in [0.3, 0.4) is 0 Å². The predicted molar refractivity (Wildman–Crippen MR) is 36.3 cm³/mol. The molecule has 0 aliphatic rings. The summed E-state index contributed by atoms with van der Waals surface area (Å²) in [5.41, 5.74) is 1.37. The lowest BCUT2D eigenvalue weighted by atomic mass is 10.2. The van der Waals surface area contributed by atoms with E-state index in [1.54, 1.807) is 6.92 Å². The van der Waals surface area contributed by atoms with Gasteiger partial charge in [-0.3, -0.25) is 4.52 Å². The Morgan fingerprint density at radius 2 is 2.27 bits per heavy atom. The van der Waals surface area contributed by atoms with Crippen LogP contribution >= 0.6 is 7.82 Å². The van der Waals surface area contributed by atoms with Gasteiger partial charge in [0.25, 0.3) is 0 Å². The summed E-state index contributed by atoms with van der Waals surface area (Å²) in [6, 6.07) is 0. The molecule has 0 radical (unpaired) electrons. The second kappa shape index (κ2) is 4.79. The van der Waals surface area contributed by atoms with Gasteiger partial charge in [0.15, 0.2) is 0 Å². The molecular formula is C4H11FNO4P. The highest BCUT2D eigenvalue weighted by molar-refractivity contribution is 7.46. The lowest BCUT2D eigenvalue weighted by molar-refractivity contribution is 0.161. The molecule has 1 unspecified atom stereocenters. The molecule has 11 heavy (non-hydrogen) atoms. The molecule has 68 valence electrons. The van der Waals surface area contributed by atoms with Crippen LogP contribution in [0.1, 0.15) is 6.92 Å². The molecule has 0 rings (SSSR count). The summed E-state index contributed by atoms with van der Waals surface area (Å²) < 4.78 is 25.6. The fraction of sp³-hybridized carbons (Fsp3) is 1.00. The Morgan fingerprint density at radius 3 is 2.64 bits per heavy atom. The van der Waals surface area contributed by atoms with E-state index in [0.29, 0.717) is 0 Å². The maximum atomic E-state index is 11.4. The van der Waals surface area contributed by atoms with E-state index >= 15 is 0 Å². The molecule has 0 bridgehead atoms. The van der Waals surface area contributed by atoms with Gasteiger partial charge >= 0.3 is 7.82 Å². The van der Waals surface area contributed by atoms with E-state index in [4.69, 9.17) is 9.79 Å². The maximum absolute atomic E-state index is 11.4. The second-order valence-electron chi connectivity index (χ2n) is 2.23. The summed E-state index contributed by atoms with van der Waals surface area (Å²) in [7, 11) is -4.39. The summed E-state index contributed by atoms with van der Waals surface area (Å²) in [6.45, 7) is 1.45. The van der Waals surface area contributed by atoms with Gasteiger partial charge < -0.3 is 9.79 Å². The van der Waals surface area contributed by atoms with Crippen LogP contribution in [0.2, 0.25) is 0 Å². The van der Waals surface area contributed by atoms with E-state index in [9.17, 15) is 9.05 Å². The Bertz CT molecular complexity index is 149. The van der Waals surface area contributed by atoms with Crippen LogP contribution in [0.25, 0.3) is 0 Å². The summed E-state index contributed by atoms with van der Waals surface area (Å²) in [5.74, 6) is -0.271. The summed E-state index contributed by atoms with van der Waals surface area (Å²) in [5, 5.41) is 0. The molecular weight excluding hydrogens is 176 g/mol. The minimum atomic E-state index is -4.39. The Balaban J connectivity index is 3.46. The third kappa shape index (κ3) is 7.90. The van der Waals surface area contributed by atoms with E-state index in [-0.39, 0.29) is 19.1 Å². The predicted octanol–water partition coefficient (Wildman–Crippen LogP) is 0.206. The molecule has 0 saturated carbocycles. The number of phosphoric acid groups is 1. The van der Waals surface area contributed by atoms with Gasteiger partial charge in [-0.2, -0.15) is 5.54 Å². The number of halogens is 1. The van der Waals surface area contributed by atoms with Gasteiger partial charge in [0.05, 0.1) is 6.61 Å². The lowest BCUT2D eigenvalue weighted by Crippen LogP contribution is -2.17. The first-order chi connectivity index (χ1) is 4.95. The number of phosphoric ester groups is 1. The maximum Gasteiger partial charge on any atom is 0.469 e. The highest BCUT2D eigenvalue weighted by Gasteiger charge is 2.15. The van der Waals surface area contributed by atoms with Crippen molar-refractivity contribution < 1.29 is 23.4 Å². The van der Waals surface area contributed by atoms with Crippen molar-refractivity contribution in [2.24, 2.45) is 5.92 Å². The highest BCUT2D eigenvalue weighted by Crippen LogP contribution is 2.36. The van der Waals surface area contributed by atoms with Crippen molar-refractivity contribution in [1.82, 2.24) is 5.54 Å². The van der Waals surface area contributed by atoms with Crippen LogP contribution in [0.4, 0.5) is 4.48 Å². The van der Waals surface area contributed by atoms with Crippen molar-refractivity contribution in [2.75, 3.05) is 13.2 Å². The number of hydrogen-bond acceptors (Lipinski definition) is 3. The first-order valence-corrected chi connectivity index (χ1v) is 4.52. The zero-order chi connectivity index (χ0) is 8.91. The first-order valence-electron chi connectivity index (χ1n) is 2.99. The van der Waals surface area contributed by atoms with Crippen molar-refractivity contribution in [2.45, 2.75) is 6.92 Å². The monoisotopic (exact) mass is 187 g/mol. The molecule has 0 aliphatic carbocycles. The topological polar surface area (TPSA) is 78.8 Å². The molecule has 0 aromatic carbocycles. The molecule has 0 spiro atoms. The van der Waals surface area contributed by atoms with Gasteiger partial charge in [-0.15, -0.1) is 4.48 Å². The normalized spacial score (nSPS) is 14.9. The standard InChI is InChI=1S/C4H11FNO4P/c1-4(2-6-5)3-10-11(7,8)9/h4,6H,2-3H2,1H3,(H2,7,8,9). The number of rotatable bonds is 5. The van der Waals surface area contributed by atoms with Crippen LogP contribution < -0.4 is 5.54 Å². The molecule has 0 fully saturated rings. The smallest absolute Gasteiger partial charge is 0.303 e. The molecule has 5 nitrogen and oxygen atoms in total. The zero-order valence-electron chi connectivity index (χ0n) is 6.03. The minimum Gasteiger partial charge on any atom is -0.303 e. The quantitative estimate of drug-likeness (QED) is 0.423. The third-order valence-corrected chi connectivity index (χ3v) is 1.44. The third-order valence-electron chi connectivity index (χ3n) is 0.953. The van der Waals surface area contributed by atoms with E-state index in [1.807, 2.05) is 0 Å². The molecule has 0 saturated heterocycles. The largest absolute Gasteiger partial charge is 0.469 e. The van der Waals surface area contributed by atoms with Gasteiger partial charge in [0, 0.05) is 6.54 Å². The molecule has 3 N–H and O–H groups in total. The fourth-order valence-electron chi connectivity index (χ4n) is 0.415. The minimum absolute atomic E-state index is 0.0139. The average Bonchev–Trinajstić information content (AvgIpc) is 1.83. The Morgan fingerprint density at radius 1 is 1.73 bits per heavy atom. The van der Waals surface area contributed by atoms with Crippen molar-refractivity contribution in [3.05, 3.63) is 0 Å². The van der Waals surface area contributed by atoms with Crippen molar-refractivity contribution in [3.63, 3.8) is 0 Å². The van der Waals surface area contributed by atoms with E-state index in [0.717, 1.165) is 0 Å². The molecule has 0 aliphatic heterocycles. The Kier molecular flexibility index (Phi) is 4.79. The van der Waals surface area contributed by atoms with Crippen molar-refractivity contribution in [1.29, 1.82) is 0 Å². The summed E-state index contributed by atoms with van der Waals surface area (Å²) in [4.78, 5) is 16.4. The van der Waals surface area contributed by atoms with Crippen molar-refractivity contribution >= 4 is 7.82 Å². The molecule has 0 aromatic rings.